The van der Waals surface area contributed by atoms with E-state index < -0.39 is 0 Å². The van der Waals surface area contributed by atoms with Gasteiger partial charge in [-0.3, -0.25) is 0 Å². The van der Waals surface area contributed by atoms with Crippen molar-refractivity contribution >= 4 is 34.4 Å². The number of aromatic nitrogens is 2. The first-order valence-corrected chi connectivity index (χ1v) is 6.61. The Hall–Kier alpha value is -2.37. The summed E-state index contributed by atoms with van der Waals surface area (Å²) in [5.41, 5.74) is 9.77. The third-order valence-corrected chi connectivity index (χ3v) is 3.56. The molecule has 0 fully saturated rings. The van der Waals surface area contributed by atoms with E-state index in [0.717, 1.165) is 27.5 Å². The smallest absolute Gasteiger partial charge is 0.209 e. The van der Waals surface area contributed by atoms with Crippen molar-refractivity contribution in [3.8, 4) is 11.1 Å². The molecule has 2 aromatic carbocycles. The van der Waals surface area contributed by atoms with E-state index in [2.05, 4.69) is 9.97 Å². The lowest BCUT2D eigenvalue weighted by Gasteiger charge is -1.99. The van der Waals surface area contributed by atoms with E-state index in [1.54, 1.807) is 6.07 Å². The van der Waals surface area contributed by atoms with Crippen LogP contribution in [0, 0.1) is 5.82 Å². The second-order valence-electron chi connectivity index (χ2n) is 4.89. The Bertz CT molecular complexity index is 961. The lowest BCUT2D eigenvalue weighted by Crippen LogP contribution is -1.94. The number of H-pyrrole nitrogens is 1. The van der Waals surface area contributed by atoms with Gasteiger partial charge in [-0.2, -0.15) is 0 Å². The van der Waals surface area contributed by atoms with E-state index >= 15 is 0 Å². The van der Waals surface area contributed by atoms with E-state index in [1.165, 1.54) is 12.1 Å². The molecule has 0 bridgehead atoms. The minimum Gasteiger partial charge on any atom is -0.439 e. The zero-order chi connectivity index (χ0) is 14.4. The minimum absolute atomic E-state index is 0. The number of nitrogens with two attached hydrogens (primary N) is 1. The van der Waals surface area contributed by atoms with Crippen molar-refractivity contribution in [2.24, 2.45) is 5.73 Å². The average molecular weight is 318 g/mol. The Morgan fingerprint density at radius 2 is 2.05 bits per heavy atom. The fourth-order valence-electron chi connectivity index (χ4n) is 2.56. The zero-order valence-corrected chi connectivity index (χ0v) is 12.3. The predicted octanol–water partition coefficient (Wildman–Crippen LogP) is 4.00. The molecule has 0 aliphatic carbocycles. The Morgan fingerprint density at radius 1 is 1.18 bits per heavy atom. The standard InChI is InChI=1S/C16H12FN3O.ClH/c17-10-2-3-11-12(8-19-14(11)6-10)9-1-4-13-15(5-9)21-16(7-18)20-13;/h1-6,8,19H,7,18H2;1H. The van der Waals surface area contributed by atoms with Crippen molar-refractivity contribution in [3.05, 3.63) is 54.3 Å². The molecule has 0 unspecified atom stereocenters. The van der Waals surface area contributed by atoms with Gasteiger partial charge in [0.1, 0.15) is 11.3 Å². The van der Waals surface area contributed by atoms with Gasteiger partial charge in [0.25, 0.3) is 0 Å². The summed E-state index contributed by atoms with van der Waals surface area (Å²) in [6.07, 6.45) is 1.87. The summed E-state index contributed by atoms with van der Waals surface area (Å²) < 4.78 is 18.8. The first kappa shape index (κ1) is 14.6. The van der Waals surface area contributed by atoms with Gasteiger partial charge in [-0.15, -0.1) is 12.4 Å². The molecule has 4 nitrogen and oxygen atoms in total. The highest BCUT2D eigenvalue weighted by atomic mass is 35.5. The van der Waals surface area contributed by atoms with Crippen LogP contribution in [0.5, 0.6) is 0 Å². The Kier molecular flexibility index (Phi) is 3.60. The highest BCUT2D eigenvalue weighted by Gasteiger charge is 2.10. The number of hydrogen-bond donors (Lipinski definition) is 2. The van der Waals surface area contributed by atoms with Crippen LogP contribution < -0.4 is 5.73 Å². The maximum Gasteiger partial charge on any atom is 0.209 e. The van der Waals surface area contributed by atoms with E-state index in [9.17, 15) is 4.39 Å². The Labute approximate surface area is 131 Å². The minimum atomic E-state index is -0.255. The molecule has 22 heavy (non-hydrogen) atoms. The fraction of sp³-hybridized carbons (Fsp3) is 0.0625. The normalized spacial score (nSPS) is 11.0. The van der Waals surface area contributed by atoms with Crippen LogP contribution in [0.25, 0.3) is 33.1 Å². The van der Waals surface area contributed by atoms with Crippen molar-refractivity contribution < 1.29 is 8.81 Å². The van der Waals surface area contributed by atoms with Crippen LogP contribution in [0.3, 0.4) is 0 Å². The molecule has 6 heteroatoms. The van der Waals surface area contributed by atoms with Gasteiger partial charge in [-0.05, 0) is 35.9 Å². The molecule has 0 aliphatic rings. The van der Waals surface area contributed by atoms with Gasteiger partial charge in [0.2, 0.25) is 5.89 Å². The Balaban J connectivity index is 0.00000144. The second kappa shape index (κ2) is 5.44. The van der Waals surface area contributed by atoms with Gasteiger partial charge in [0.15, 0.2) is 5.58 Å². The van der Waals surface area contributed by atoms with Gasteiger partial charge in [-0.1, -0.05) is 6.07 Å². The summed E-state index contributed by atoms with van der Waals surface area (Å²) in [7, 11) is 0. The fourth-order valence-corrected chi connectivity index (χ4v) is 2.56. The maximum atomic E-state index is 13.2. The van der Waals surface area contributed by atoms with Gasteiger partial charge in [0, 0.05) is 22.7 Å². The third kappa shape index (κ3) is 2.24. The number of oxazole rings is 1. The van der Waals surface area contributed by atoms with Gasteiger partial charge >= 0.3 is 0 Å². The lowest BCUT2D eigenvalue weighted by atomic mass is 10.0. The maximum absolute atomic E-state index is 13.2. The number of fused-ring (bicyclic) bond motifs is 2. The van der Waals surface area contributed by atoms with Gasteiger partial charge in [-0.25, -0.2) is 9.37 Å². The molecular formula is C16H13ClFN3O. The van der Waals surface area contributed by atoms with Crippen molar-refractivity contribution in [3.63, 3.8) is 0 Å². The molecule has 2 aromatic heterocycles. The molecule has 2 heterocycles. The summed E-state index contributed by atoms with van der Waals surface area (Å²) in [6.45, 7) is 0.274. The van der Waals surface area contributed by atoms with Gasteiger partial charge in [0.05, 0.1) is 6.54 Å². The predicted molar refractivity (Wildman–Crippen MR) is 86.4 cm³/mol. The van der Waals surface area contributed by atoms with Crippen LogP contribution in [0.4, 0.5) is 4.39 Å². The van der Waals surface area contributed by atoms with Crippen LogP contribution in [0.15, 0.2) is 47.0 Å². The molecular weight excluding hydrogens is 305 g/mol. The number of rotatable bonds is 2. The molecule has 0 aliphatic heterocycles. The summed E-state index contributed by atoms with van der Waals surface area (Å²) in [5.74, 6) is 0.261. The molecule has 0 saturated heterocycles. The SMILES string of the molecule is Cl.NCc1nc2ccc(-c3c[nH]c4cc(F)ccc34)cc2o1. The van der Waals surface area contributed by atoms with E-state index in [-0.39, 0.29) is 24.8 Å². The topological polar surface area (TPSA) is 67.8 Å². The van der Waals surface area contributed by atoms with Crippen LogP contribution in [-0.4, -0.2) is 9.97 Å². The number of hydrogen-bond acceptors (Lipinski definition) is 3. The molecule has 4 aromatic rings. The monoisotopic (exact) mass is 317 g/mol. The zero-order valence-electron chi connectivity index (χ0n) is 11.5. The van der Waals surface area contributed by atoms with Crippen molar-refractivity contribution in [1.29, 1.82) is 0 Å². The quantitative estimate of drug-likeness (QED) is 0.587. The first-order chi connectivity index (χ1) is 10.2. The van der Waals surface area contributed by atoms with Crippen LogP contribution in [0.2, 0.25) is 0 Å². The summed E-state index contributed by atoms with van der Waals surface area (Å²) in [4.78, 5) is 7.36. The largest absolute Gasteiger partial charge is 0.439 e. The molecule has 4 rings (SSSR count). The molecule has 0 amide bonds. The van der Waals surface area contributed by atoms with Crippen molar-refractivity contribution in [1.82, 2.24) is 9.97 Å². The number of nitrogens with one attached hydrogen (secondary N) is 1. The summed E-state index contributed by atoms with van der Waals surface area (Å²) >= 11 is 0. The number of halogens is 2. The van der Waals surface area contributed by atoms with E-state index in [0.29, 0.717) is 11.5 Å². The highest BCUT2D eigenvalue weighted by molar-refractivity contribution is 5.97. The highest BCUT2D eigenvalue weighted by Crippen LogP contribution is 2.31. The van der Waals surface area contributed by atoms with Crippen LogP contribution in [-0.2, 0) is 6.54 Å². The second-order valence-corrected chi connectivity index (χ2v) is 4.89. The molecule has 0 atom stereocenters. The first-order valence-electron chi connectivity index (χ1n) is 6.61. The lowest BCUT2D eigenvalue weighted by molar-refractivity contribution is 0.533. The number of benzene rings is 2. The van der Waals surface area contributed by atoms with Crippen molar-refractivity contribution in [2.45, 2.75) is 6.54 Å². The molecule has 0 saturated carbocycles. The Morgan fingerprint density at radius 3 is 2.86 bits per heavy atom. The van der Waals surface area contributed by atoms with E-state index in [4.69, 9.17) is 10.2 Å². The summed E-state index contributed by atoms with van der Waals surface area (Å²) in [5, 5.41) is 0.967. The van der Waals surface area contributed by atoms with Crippen LogP contribution in [0.1, 0.15) is 5.89 Å². The summed E-state index contributed by atoms with van der Waals surface area (Å²) in [6, 6.07) is 10.5. The molecule has 0 spiro atoms. The average Bonchev–Trinajstić information content (AvgIpc) is 3.08. The molecule has 3 N–H and O–H groups in total. The van der Waals surface area contributed by atoms with E-state index in [1.807, 2.05) is 24.4 Å². The number of nitrogens with zero attached hydrogens (tertiary/aromatic N) is 1. The van der Waals surface area contributed by atoms with Gasteiger partial charge < -0.3 is 15.1 Å². The number of aromatic amines is 1. The van der Waals surface area contributed by atoms with Crippen LogP contribution >= 0.6 is 12.4 Å². The molecule has 112 valence electrons. The molecule has 0 radical (unpaired) electrons. The van der Waals surface area contributed by atoms with Crippen molar-refractivity contribution in [2.75, 3.05) is 0 Å². The third-order valence-electron chi connectivity index (χ3n) is 3.56.